The number of amides is 1. The Hall–Kier alpha value is -3.59. The molecule has 200 valence electrons. The lowest BCUT2D eigenvalue weighted by molar-refractivity contribution is 0.0918. The molecule has 2 heterocycles. The second kappa shape index (κ2) is 11.4. The number of carbonyl (C=O) groups is 2. The first kappa shape index (κ1) is 27.4. The highest BCUT2D eigenvalue weighted by molar-refractivity contribution is 8.00. The topological polar surface area (TPSA) is 91.0 Å². The molecule has 0 saturated carbocycles. The molecular weight excluding hydrogens is 498 g/mol. The summed E-state index contributed by atoms with van der Waals surface area (Å²) in [6.07, 6.45) is 0. The Morgan fingerprint density at radius 2 is 1.74 bits per heavy atom. The van der Waals surface area contributed by atoms with Gasteiger partial charge in [0.1, 0.15) is 5.75 Å². The molecule has 0 spiro atoms. The summed E-state index contributed by atoms with van der Waals surface area (Å²) in [5.41, 5.74) is 3.26. The number of nitrogens with one attached hydrogen (secondary N) is 1. The first-order chi connectivity index (χ1) is 18.2. The third-order valence-electron chi connectivity index (χ3n) is 6.90. The van der Waals surface area contributed by atoms with E-state index in [0.717, 1.165) is 28.7 Å². The zero-order valence-electron chi connectivity index (χ0n) is 23.0. The summed E-state index contributed by atoms with van der Waals surface area (Å²) in [6.45, 7) is 10.8. The molecule has 1 N–H and O–H groups in total. The van der Waals surface area contributed by atoms with Gasteiger partial charge >= 0.3 is 0 Å². The Kier molecular flexibility index (Phi) is 8.26. The number of ether oxygens (including phenoxy) is 1. The maximum atomic E-state index is 13.7. The SMILES string of the molecule is CCn1c(C)c(C(=O)C(C)Sc2nnc(C(NC(=O)c3ccccc3OC)C(C)C)n2C)c2ccccc21. The number of thioether (sulfide) groups is 1. The van der Waals surface area contributed by atoms with E-state index in [1.807, 2.05) is 63.6 Å². The fraction of sp³-hybridized carbons (Fsp3) is 0.379. The molecule has 2 unspecified atom stereocenters. The highest BCUT2D eigenvalue weighted by Gasteiger charge is 2.29. The molecule has 0 aliphatic carbocycles. The molecule has 0 aliphatic rings. The minimum Gasteiger partial charge on any atom is -0.496 e. The fourth-order valence-electron chi connectivity index (χ4n) is 4.84. The Labute approximate surface area is 227 Å². The standard InChI is InChI=1S/C29H35N5O3S/c1-8-34-18(4)24(20-13-9-11-15-22(20)34)26(35)19(5)38-29-32-31-27(33(29)6)25(17(2)3)30-28(36)21-14-10-12-16-23(21)37-7/h9-17,19,25H,8H2,1-7H3,(H,30,36). The van der Waals surface area contributed by atoms with E-state index in [9.17, 15) is 9.59 Å². The summed E-state index contributed by atoms with van der Waals surface area (Å²) < 4.78 is 9.40. The molecule has 8 nitrogen and oxygen atoms in total. The van der Waals surface area contributed by atoms with Crippen molar-refractivity contribution >= 4 is 34.4 Å². The lowest BCUT2D eigenvalue weighted by atomic mass is 10.0. The molecule has 0 bridgehead atoms. The van der Waals surface area contributed by atoms with Crippen molar-refractivity contribution in [3.63, 3.8) is 0 Å². The largest absolute Gasteiger partial charge is 0.496 e. The van der Waals surface area contributed by atoms with E-state index in [1.165, 1.54) is 11.8 Å². The highest BCUT2D eigenvalue weighted by atomic mass is 32.2. The number of carbonyl (C=O) groups excluding carboxylic acids is 2. The van der Waals surface area contributed by atoms with E-state index in [1.54, 1.807) is 25.3 Å². The second-order valence-corrected chi connectivity index (χ2v) is 10.9. The van der Waals surface area contributed by atoms with Crippen molar-refractivity contribution in [2.45, 2.75) is 57.6 Å². The third kappa shape index (κ3) is 5.07. The van der Waals surface area contributed by atoms with Gasteiger partial charge in [-0.25, -0.2) is 0 Å². The smallest absolute Gasteiger partial charge is 0.255 e. The van der Waals surface area contributed by atoms with Crippen molar-refractivity contribution in [3.8, 4) is 5.75 Å². The molecule has 0 aliphatic heterocycles. The van der Waals surface area contributed by atoms with Crippen LogP contribution in [0.1, 0.15) is 66.0 Å². The normalized spacial score (nSPS) is 13.1. The summed E-state index contributed by atoms with van der Waals surface area (Å²) >= 11 is 1.38. The first-order valence-electron chi connectivity index (χ1n) is 12.8. The molecular formula is C29H35N5O3S. The Bertz CT molecular complexity index is 1470. The number of Topliss-reactive ketones (excluding diaryl/α,β-unsaturated/α-hetero) is 1. The van der Waals surface area contributed by atoms with Crippen LogP contribution >= 0.6 is 11.8 Å². The van der Waals surface area contributed by atoms with Crippen LogP contribution in [0.5, 0.6) is 5.75 Å². The number of fused-ring (bicyclic) bond motifs is 1. The number of hydrogen-bond acceptors (Lipinski definition) is 6. The van der Waals surface area contributed by atoms with Crippen molar-refractivity contribution in [3.05, 3.63) is 71.2 Å². The minimum absolute atomic E-state index is 0.0521. The molecule has 0 saturated heterocycles. The monoisotopic (exact) mass is 533 g/mol. The molecule has 0 radical (unpaired) electrons. The van der Waals surface area contributed by atoms with Crippen LogP contribution in [0.4, 0.5) is 0 Å². The van der Waals surface area contributed by atoms with E-state index in [4.69, 9.17) is 4.74 Å². The Morgan fingerprint density at radius 3 is 2.42 bits per heavy atom. The molecule has 1 amide bonds. The van der Waals surface area contributed by atoms with Gasteiger partial charge in [0, 0.05) is 35.8 Å². The van der Waals surface area contributed by atoms with Crippen LogP contribution in [0.2, 0.25) is 0 Å². The van der Waals surface area contributed by atoms with Crippen LogP contribution in [-0.2, 0) is 13.6 Å². The summed E-state index contributed by atoms with van der Waals surface area (Å²) in [5, 5.41) is 13.1. The van der Waals surface area contributed by atoms with Crippen LogP contribution in [0.25, 0.3) is 10.9 Å². The zero-order valence-corrected chi connectivity index (χ0v) is 23.8. The van der Waals surface area contributed by atoms with Crippen molar-refractivity contribution in [2.24, 2.45) is 13.0 Å². The average Bonchev–Trinajstić information content (AvgIpc) is 3.41. The minimum atomic E-state index is -0.380. The van der Waals surface area contributed by atoms with Crippen molar-refractivity contribution < 1.29 is 14.3 Å². The first-order valence-corrected chi connectivity index (χ1v) is 13.7. The molecule has 9 heteroatoms. The molecule has 2 aromatic heterocycles. The molecule has 2 atom stereocenters. The van der Waals surface area contributed by atoms with E-state index >= 15 is 0 Å². The van der Waals surface area contributed by atoms with Crippen LogP contribution in [0, 0.1) is 12.8 Å². The lowest BCUT2D eigenvalue weighted by Crippen LogP contribution is -2.33. The molecule has 0 fully saturated rings. The third-order valence-corrected chi connectivity index (χ3v) is 8.03. The summed E-state index contributed by atoms with van der Waals surface area (Å²) in [7, 11) is 3.41. The number of nitrogens with zero attached hydrogens (tertiary/aromatic N) is 4. The van der Waals surface area contributed by atoms with E-state index in [2.05, 4.69) is 33.1 Å². The van der Waals surface area contributed by atoms with E-state index in [0.29, 0.717) is 22.3 Å². The van der Waals surface area contributed by atoms with Gasteiger partial charge in [0.15, 0.2) is 16.8 Å². The Balaban J connectivity index is 1.58. The van der Waals surface area contributed by atoms with E-state index in [-0.39, 0.29) is 28.9 Å². The zero-order chi connectivity index (χ0) is 27.6. The van der Waals surface area contributed by atoms with Gasteiger partial charge in [0.05, 0.1) is 24.0 Å². The summed E-state index contributed by atoms with van der Waals surface area (Å²) in [5.74, 6) is 1.00. The lowest BCUT2D eigenvalue weighted by Gasteiger charge is -2.22. The quantitative estimate of drug-likeness (QED) is 0.211. The molecule has 4 aromatic rings. The number of aryl methyl sites for hydroxylation is 1. The molecule has 38 heavy (non-hydrogen) atoms. The average molecular weight is 534 g/mol. The van der Waals surface area contributed by atoms with Crippen LogP contribution in [0.3, 0.4) is 0 Å². The summed E-state index contributed by atoms with van der Waals surface area (Å²) in [4.78, 5) is 26.8. The van der Waals surface area contributed by atoms with Crippen LogP contribution < -0.4 is 10.1 Å². The van der Waals surface area contributed by atoms with Crippen LogP contribution in [0.15, 0.2) is 53.7 Å². The highest BCUT2D eigenvalue weighted by Crippen LogP contribution is 2.32. The number of aromatic nitrogens is 4. The predicted molar refractivity (Wildman–Crippen MR) is 151 cm³/mol. The number of para-hydroxylation sites is 2. The Morgan fingerprint density at radius 1 is 1.05 bits per heavy atom. The van der Waals surface area contributed by atoms with Gasteiger partial charge < -0.3 is 19.2 Å². The maximum absolute atomic E-state index is 13.7. The molecule has 2 aromatic carbocycles. The van der Waals surface area contributed by atoms with Crippen molar-refractivity contribution in [2.75, 3.05) is 7.11 Å². The summed E-state index contributed by atoms with van der Waals surface area (Å²) in [6, 6.07) is 14.8. The number of methoxy groups -OCH3 is 1. The van der Waals surface area contributed by atoms with Gasteiger partial charge in [-0.15, -0.1) is 10.2 Å². The van der Waals surface area contributed by atoms with Gasteiger partial charge in [-0.1, -0.05) is 55.9 Å². The van der Waals surface area contributed by atoms with E-state index < -0.39 is 0 Å². The molecule has 4 rings (SSSR count). The van der Waals surface area contributed by atoms with Gasteiger partial charge in [0.2, 0.25) is 0 Å². The maximum Gasteiger partial charge on any atom is 0.255 e. The van der Waals surface area contributed by atoms with Gasteiger partial charge in [-0.05, 0) is 44.9 Å². The van der Waals surface area contributed by atoms with Gasteiger partial charge in [-0.3, -0.25) is 9.59 Å². The fourth-order valence-corrected chi connectivity index (χ4v) is 5.73. The van der Waals surface area contributed by atoms with Gasteiger partial charge in [0.25, 0.3) is 5.91 Å². The van der Waals surface area contributed by atoms with Crippen molar-refractivity contribution in [1.29, 1.82) is 0 Å². The predicted octanol–water partition coefficient (Wildman–Crippen LogP) is 5.60. The van der Waals surface area contributed by atoms with Crippen molar-refractivity contribution in [1.82, 2.24) is 24.6 Å². The van der Waals surface area contributed by atoms with Crippen LogP contribution in [-0.4, -0.2) is 43.4 Å². The number of ketones is 1. The second-order valence-electron chi connectivity index (χ2n) is 9.64. The number of rotatable bonds is 10. The van der Waals surface area contributed by atoms with Gasteiger partial charge in [-0.2, -0.15) is 0 Å². The number of benzene rings is 2. The number of hydrogen-bond donors (Lipinski definition) is 1.